The highest BCUT2D eigenvalue weighted by Gasteiger charge is 2.17. The summed E-state index contributed by atoms with van der Waals surface area (Å²) in [5.74, 6) is 0.766. The standard InChI is InChI=1S/C20H15ClN4/c21-16-8-6-15(7-9-16)19-18(14-10-12-22-13-11-14)20(25-24-19)23-17-4-2-1-3-5-17/h1-13H,(H2,23,24,25). The monoisotopic (exact) mass is 346 g/mol. The van der Waals surface area contributed by atoms with Gasteiger partial charge in [0.2, 0.25) is 0 Å². The summed E-state index contributed by atoms with van der Waals surface area (Å²) < 4.78 is 0. The van der Waals surface area contributed by atoms with Crippen LogP contribution >= 0.6 is 11.6 Å². The number of aromatic amines is 1. The molecule has 2 heterocycles. The lowest BCUT2D eigenvalue weighted by atomic mass is 10.0. The zero-order chi connectivity index (χ0) is 17.1. The van der Waals surface area contributed by atoms with Crippen molar-refractivity contribution in [1.29, 1.82) is 0 Å². The molecule has 122 valence electrons. The fourth-order valence-electron chi connectivity index (χ4n) is 2.72. The number of nitrogens with one attached hydrogen (secondary N) is 2. The molecule has 0 aliphatic rings. The molecule has 0 unspecified atom stereocenters. The second-order valence-electron chi connectivity index (χ2n) is 5.56. The Bertz CT molecular complexity index is 964. The number of aromatic nitrogens is 3. The van der Waals surface area contributed by atoms with Crippen molar-refractivity contribution < 1.29 is 0 Å². The number of pyridine rings is 1. The predicted molar refractivity (Wildman–Crippen MR) is 102 cm³/mol. The van der Waals surface area contributed by atoms with Gasteiger partial charge in [-0.2, -0.15) is 5.10 Å². The van der Waals surface area contributed by atoms with Gasteiger partial charge in [-0.25, -0.2) is 0 Å². The van der Waals surface area contributed by atoms with Gasteiger partial charge in [0.05, 0.1) is 11.3 Å². The van der Waals surface area contributed by atoms with Crippen LogP contribution in [0.3, 0.4) is 0 Å². The van der Waals surface area contributed by atoms with Gasteiger partial charge in [0, 0.05) is 28.7 Å². The average Bonchev–Trinajstić information content (AvgIpc) is 3.07. The Hall–Kier alpha value is -3.11. The summed E-state index contributed by atoms with van der Waals surface area (Å²) in [4.78, 5) is 4.11. The molecule has 0 spiro atoms. The summed E-state index contributed by atoms with van der Waals surface area (Å²) in [5, 5.41) is 11.7. The van der Waals surface area contributed by atoms with E-state index in [1.165, 1.54) is 0 Å². The Labute approximate surface area is 150 Å². The van der Waals surface area contributed by atoms with E-state index >= 15 is 0 Å². The highest BCUT2D eigenvalue weighted by atomic mass is 35.5. The van der Waals surface area contributed by atoms with E-state index in [0.29, 0.717) is 5.02 Å². The van der Waals surface area contributed by atoms with Crippen molar-refractivity contribution in [3.63, 3.8) is 0 Å². The summed E-state index contributed by atoms with van der Waals surface area (Å²) in [7, 11) is 0. The quantitative estimate of drug-likeness (QED) is 0.510. The first kappa shape index (κ1) is 15.4. The highest BCUT2D eigenvalue weighted by Crippen LogP contribution is 2.37. The molecule has 2 aromatic heterocycles. The highest BCUT2D eigenvalue weighted by molar-refractivity contribution is 6.30. The second kappa shape index (κ2) is 6.79. The maximum absolute atomic E-state index is 6.02. The number of halogens is 1. The summed E-state index contributed by atoms with van der Waals surface area (Å²) in [6.07, 6.45) is 3.56. The molecule has 0 atom stereocenters. The van der Waals surface area contributed by atoms with Gasteiger partial charge >= 0.3 is 0 Å². The van der Waals surface area contributed by atoms with Crippen LogP contribution in [0, 0.1) is 0 Å². The fourth-order valence-corrected chi connectivity index (χ4v) is 2.84. The van der Waals surface area contributed by atoms with Crippen molar-refractivity contribution in [1.82, 2.24) is 15.2 Å². The average molecular weight is 347 g/mol. The number of hydrogen-bond donors (Lipinski definition) is 2. The molecular weight excluding hydrogens is 332 g/mol. The third-order valence-electron chi connectivity index (χ3n) is 3.90. The number of para-hydroxylation sites is 1. The van der Waals surface area contributed by atoms with Gasteiger partial charge in [0.25, 0.3) is 0 Å². The number of rotatable bonds is 4. The third kappa shape index (κ3) is 3.25. The van der Waals surface area contributed by atoms with Crippen molar-refractivity contribution in [3.05, 3.63) is 84.1 Å². The molecule has 0 aliphatic heterocycles. The summed E-state index contributed by atoms with van der Waals surface area (Å²) in [6, 6.07) is 21.6. The van der Waals surface area contributed by atoms with E-state index in [4.69, 9.17) is 11.6 Å². The Balaban J connectivity index is 1.83. The molecule has 0 radical (unpaired) electrons. The van der Waals surface area contributed by atoms with Gasteiger partial charge in [-0.1, -0.05) is 41.9 Å². The topological polar surface area (TPSA) is 53.6 Å². The van der Waals surface area contributed by atoms with E-state index < -0.39 is 0 Å². The van der Waals surface area contributed by atoms with Crippen LogP contribution in [0.15, 0.2) is 79.1 Å². The molecule has 0 bridgehead atoms. The predicted octanol–water partition coefficient (Wildman–Crippen LogP) is 5.54. The Morgan fingerprint density at radius 1 is 0.800 bits per heavy atom. The SMILES string of the molecule is Clc1ccc(-c2[nH]nc(Nc3ccccc3)c2-c2ccncc2)cc1. The lowest BCUT2D eigenvalue weighted by Gasteiger charge is -2.08. The molecule has 2 aromatic carbocycles. The molecule has 0 saturated heterocycles. The Morgan fingerprint density at radius 2 is 1.52 bits per heavy atom. The number of hydrogen-bond acceptors (Lipinski definition) is 3. The van der Waals surface area contributed by atoms with Gasteiger partial charge in [-0.15, -0.1) is 0 Å². The Morgan fingerprint density at radius 3 is 2.24 bits per heavy atom. The van der Waals surface area contributed by atoms with Crippen LogP contribution in [0.5, 0.6) is 0 Å². The van der Waals surface area contributed by atoms with Crippen LogP contribution in [0.2, 0.25) is 5.02 Å². The molecule has 0 amide bonds. The Kier molecular flexibility index (Phi) is 4.19. The van der Waals surface area contributed by atoms with Gasteiger partial charge in [0.1, 0.15) is 0 Å². The van der Waals surface area contributed by atoms with Crippen LogP contribution in [0.25, 0.3) is 22.4 Å². The van der Waals surface area contributed by atoms with Crippen LogP contribution in [0.1, 0.15) is 0 Å². The number of H-pyrrole nitrogens is 1. The van der Waals surface area contributed by atoms with Gasteiger partial charge in [-0.3, -0.25) is 10.1 Å². The van der Waals surface area contributed by atoms with E-state index in [1.807, 2.05) is 66.7 Å². The van der Waals surface area contributed by atoms with E-state index in [-0.39, 0.29) is 0 Å². The lowest BCUT2D eigenvalue weighted by Crippen LogP contribution is -1.93. The van der Waals surface area contributed by atoms with Gasteiger partial charge in [-0.05, 0) is 42.0 Å². The summed E-state index contributed by atoms with van der Waals surface area (Å²) >= 11 is 6.02. The molecular formula is C20H15ClN4. The van der Waals surface area contributed by atoms with Gasteiger partial charge in [0.15, 0.2) is 5.82 Å². The number of nitrogens with zero attached hydrogens (tertiary/aromatic N) is 2. The molecule has 4 rings (SSSR count). The van der Waals surface area contributed by atoms with E-state index in [2.05, 4.69) is 20.5 Å². The number of anilines is 2. The second-order valence-corrected chi connectivity index (χ2v) is 5.99. The maximum atomic E-state index is 6.02. The largest absolute Gasteiger partial charge is 0.338 e. The zero-order valence-corrected chi connectivity index (χ0v) is 14.0. The van der Waals surface area contributed by atoms with E-state index in [9.17, 15) is 0 Å². The summed E-state index contributed by atoms with van der Waals surface area (Å²) in [6.45, 7) is 0. The fraction of sp³-hybridized carbons (Fsp3) is 0. The zero-order valence-electron chi connectivity index (χ0n) is 13.3. The molecule has 0 aliphatic carbocycles. The molecule has 0 saturated carbocycles. The first-order chi connectivity index (χ1) is 12.3. The first-order valence-corrected chi connectivity index (χ1v) is 8.26. The van der Waals surface area contributed by atoms with E-state index in [0.717, 1.165) is 33.9 Å². The van der Waals surface area contributed by atoms with E-state index in [1.54, 1.807) is 12.4 Å². The van der Waals surface area contributed by atoms with Crippen molar-refractivity contribution in [2.24, 2.45) is 0 Å². The first-order valence-electron chi connectivity index (χ1n) is 7.88. The minimum absolute atomic E-state index is 0.705. The molecule has 5 heteroatoms. The van der Waals surface area contributed by atoms with Crippen molar-refractivity contribution in [2.75, 3.05) is 5.32 Å². The molecule has 4 nitrogen and oxygen atoms in total. The maximum Gasteiger partial charge on any atom is 0.160 e. The van der Waals surface area contributed by atoms with Crippen LogP contribution in [-0.4, -0.2) is 15.2 Å². The minimum Gasteiger partial charge on any atom is -0.338 e. The lowest BCUT2D eigenvalue weighted by molar-refractivity contribution is 1.10. The smallest absolute Gasteiger partial charge is 0.160 e. The molecule has 0 fully saturated rings. The molecule has 25 heavy (non-hydrogen) atoms. The number of benzene rings is 2. The normalized spacial score (nSPS) is 10.6. The van der Waals surface area contributed by atoms with Crippen LogP contribution in [0.4, 0.5) is 11.5 Å². The van der Waals surface area contributed by atoms with Crippen molar-refractivity contribution in [2.45, 2.75) is 0 Å². The van der Waals surface area contributed by atoms with Crippen molar-refractivity contribution >= 4 is 23.1 Å². The third-order valence-corrected chi connectivity index (χ3v) is 4.16. The minimum atomic E-state index is 0.705. The van der Waals surface area contributed by atoms with Crippen LogP contribution < -0.4 is 5.32 Å². The van der Waals surface area contributed by atoms with Gasteiger partial charge < -0.3 is 5.32 Å². The molecule has 4 aromatic rings. The summed E-state index contributed by atoms with van der Waals surface area (Å²) in [5.41, 5.74) is 4.96. The van der Waals surface area contributed by atoms with Crippen LogP contribution in [-0.2, 0) is 0 Å². The molecule has 2 N–H and O–H groups in total. The van der Waals surface area contributed by atoms with Crippen molar-refractivity contribution in [3.8, 4) is 22.4 Å².